The summed E-state index contributed by atoms with van der Waals surface area (Å²) in [4.78, 5) is 21.1. The van der Waals surface area contributed by atoms with Gasteiger partial charge in [-0.1, -0.05) is 0 Å². The molecule has 2 aromatic heterocycles. The first-order valence-electron chi connectivity index (χ1n) is 7.73. The summed E-state index contributed by atoms with van der Waals surface area (Å²) in [6.45, 7) is 5.49. The summed E-state index contributed by atoms with van der Waals surface area (Å²) in [6, 6.07) is 5.86. The summed E-state index contributed by atoms with van der Waals surface area (Å²) in [5.41, 5.74) is 3.17. The van der Waals surface area contributed by atoms with Gasteiger partial charge in [0.15, 0.2) is 0 Å². The fourth-order valence-corrected chi connectivity index (χ4v) is 3.03. The highest BCUT2D eigenvalue weighted by Gasteiger charge is 2.22. The minimum Gasteiger partial charge on any atom is -0.369 e. The number of rotatable bonds is 2. The number of anilines is 1. The third-order valence-corrected chi connectivity index (χ3v) is 4.28. The van der Waals surface area contributed by atoms with Crippen LogP contribution in [0.1, 0.15) is 22.5 Å². The fourth-order valence-electron chi connectivity index (χ4n) is 3.03. The predicted octanol–water partition coefficient (Wildman–Crippen LogP) is 2.08. The van der Waals surface area contributed by atoms with E-state index in [9.17, 15) is 4.79 Å². The maximum atomic E-state index is 12.6. The molecule has 0 aliphatic carbocycles. The number of pyridine rings is 1. The van der Waals surface area contributed by atoms with Crippen molar-refractivity contribution in [3.05, 3.63) is 48.0 Å². The lowest BCUT2D eigenvalue weighted by Gasteiger charge is -2.25. The molecule has 5 heteroatoms. The second kappa shape index (κ2) is 6.22. The number of aromatic nitrogens is 2. The van der Waals surface area contributed by atoms with Gasteiger partial charge in [0.05, 0.1) is 0 Å². The summed E-state index contributed by atoms with van der Waals surface area (Å²) in [5.74, 6) is 0.126. The highest BCUT2D eigenvalue weighted by atomic mass is 16.2. The van der Waals surface area contributed by atoms with Crippen molar-refractivity contribution < 1.29 is 4.79 Å². The Labute approximate surface area is 131 Å². The Balaban J connectivity index is 1.72. The van der Waals surface area contributed by atoms with Gasteiger partial charge in [-0.05, 0) is 37.1 Å². The van der Waals surface area contributed by atoms with Crippen molar-refractivity contribution in [1.29, 1.82) is 0 Å². The Morgan fingerprint density at radius 3 is 2.77 bits per heavy atom. The summed E-state index contributed by atoms with van der Waals surface area (Å²) in [5, 5.41) is 0. The molecule has 1 saturated heterocycles. The maximum Gasteiger partial charge on any atom is 0.270 e. The van der Waals surface area contributed by atoms with Crippen molar-refractivity contribution in [1.82, 2.24) is 14.5 Å². The van der Waals surface area contributed by atoms with Crippen LogP contribution in [-0.4, -0.2) is 46.5 Å². The van der Waals surface area contributed by atoms with Crippen molar-refractivity contribution in [2.45, 2.75) is 13.3 Å². The molecule has 1 amide bonds. The molecule has 22 heavy (non-hydrogen) atoms. The zero-order valence-electron chi connectivity index (χ0n) is 13.2. The molecule has 0 aromatic carbocycles. The first kappa shape index (κ1) is 14.6. The average Bonchev–Trinajstić information content (AvgIpc) is 2.80. The quantitative estimate of drug-likeness (QED) is 0.852. The SMILES string of the molecule is Cc1cnccc1N1CCCN(C(=O)c2cccn2C)CC1. The molecule has 3 heterocycles. The second-order valence-electron chi connectivity index (χ2n) is 5.80. The zero-order chi connectivity index (χ0) is 15.5. The van der Waals surface area contributed by atoms with Gasteiger partial charge in [-0.3, -0.25) is 9.78 Å². The standard InChI is InChI=1S/C17H22N4O/c1-14-13-18-7-6-15(14)20-9-4-10-21(12-11-20)17(22)16-5-3-8-19(16)2/h3,5-8,13H,4,9-12H2,1-2H3. The number of nitrogens with zero attached hydrogens (tertiary/aromatic N) is 4. The number of hydrogen-bond donors (Lipinski definition) is 0. The summed E-state index contributed by atoms with van der Waals surface area (Å²) >= 11 is 0. The molecule has 116 valence electrons. The first-order chi connectivity index (χ1) is 10.7. The van der Waals surface area contributed by atoms with Crippen LogP contribution in [0.15, 0.2) is 36.8 Å². The minimum absolute atomic E-state index is 0.126. The normalized spacial score (nSPS) is 15.7. The van der Waals surface area contributed by atoms with Crippen LogP contribution in [0.4, 0.5) is 5.69 Å². The van der Waals surface area contributed by atoms with Crippen molar-refractivity contribution >= 4 is 11.6 Å². The van der Waals surface area contributed by atoms with Gasteiger partial charge in [-0.15, -0.1) is 0 Å². The molecule has 1 fully saturated rings. The van der Waals surface area contributed by atoms with Crippen LogP contribution < -0.4 is 4.90 Å². The lowest BCUT2D eigenvalue weighted by molar-refractivity contribution is 0.0757. The molecule has 0 atom stereocenters. The van der Waals surface area contributed by atoms with Crippen LogP contribution in [0.5, 0.6) is 0 Å². The monoisotopic (exact) mass is 298 g/mol. The third kappa shape index (κ3) is 2.84. The topological polar surface area (TPSA) is 41.4 Å². The predicted molar refractivity (Wildman–Crippen MR) is 87.1 cm³/mol. The Bertz CT molecular complexity index is 664. The molecule has 0 saturated carbocycles. The van der Waals surface area contributed by atoms with Gasteiger partial charge in [0.2, 0.25) is 0 Å². The molecule has 0 N–H and O–H groups in total. The Hall–Kier alpha value is -2.30. The van der Waals surface area contributed by atoms with Crippen molar-refractivity contribution in [3.8, 4) is 0 Å². The average molecular weight is 298 g/mol. The molecule has 0 radical (unpaired) electrons. The van der Waals surface area contributed by atoms with E-state index in [-0.39, 0.29) is 5.91 Å². The number of hydrogen-bond acceptors (Lipinski definition) is 3. The lowest BCUT2D eigenvalue weighted by atomic mass is 10.2. The largest absolute Gasteiger partial charge is 0.369 e. The van der Waals surface area contributed by atoms with Gasteiger partial charge in [-0.25, -0.2) is 0 Å². The molecule has 0 spiro atoms. The highest BCUT2D eigenvalue weighted by Crippen LogP contribution is 2.20. The Kier molecular flexibility index (Phi) is 4.13. The molecule has 1 aliphatic rings. The Morgan fingerprint density at radius 1 is 1.18 bits per heavy atom. The van der Waals surface area contributed by atoms with E-state index in [1.165, 1.54) is 11.3 Å². The first-order valence-corrected chi connectivity index (χ1v) is 7.73. The van der Waals surface area contributed by atoms with E-state index in [1.54, 1.807) is 0 Å². The molecule has 2 aromatic rings. The van der Waals surface area contributed by atoms with Crippen LogP contribution in [0.2, 0.25) is 0 Å². The van der Waals surface area contributed by atoms with Crippen molar-refractivity contribution in [2.24, 2.45) is 7.05 Å². The van der Waals surface area contributed by atoms with E-state index in [4.69, 9.17) is 0 Å². The van der Waals surface area contributed by atoms with E-state index >= 15 is 0 Å². The smallest absolute Gasteiger partial charge is 0.270 e. The van der Waals surface area contributed by atoms with E-state index in [0.29, 0.717) is 0 Å². The number of aryl methyl sites for hydroxylation is 2. The maximum absolute atomic E-state index is 12.6. The number of amides is 1. The number of carbonyl (C=O) groups excluding carboxylic acids is 1. The molecular weight excluding hydrogens is 276 g/mol. The van der Waals surface area contributed by atoms with Gasteiger partial charge in [0, 0.05) is 57.5 Å². The molecule has 3 rings (SSSR count). The summed E-state index contributed by atoms with van der Waals surface area (Å²) in [6.07, 6.45) is 6.63. The number of carbonyl (C=O) groups is 1. The zero-order valence-corrected chi connectivity index (χ0v) is 13.2. The highest BCUT2D eigenvalue weighted by molar-refractivity contribution is 5.92. The summed E-state index contributed by atoms with van der Waals surface area (Å²) < 4.78 is 1.89. The molecule has 5 nitrogen and oxygen atoms in total. The van der Waals surface area contributed by atoms with Crippen LogP contribution >= 0.6 is 0 Å². The summed E-state index contributed by atoms with van der Waals surface area (Å²) in [7, 11) is 1.91. The van der Waals surface area contributed by atoms with E-state index in [0.717, 1.165) is 38.3 Å². The minimum atomic E-state index is 0.126. The molecule has 0 unspecified atom stereocenters. The van der Waals surface area contributed by atoms with Crippen molar-refractivity contribution in [3.63, 3.8) is 0 Å². The van der Waals surface area contributed by atoms with Gasteiger partial charge in [-0.2, -0.15) is 0 Å². The lowest BCUT2D eigenvalue weighted by Crippen LogP contribution is -2.36. The van der Waals surface area contributed by atoms with Crippen LogP contribution in [0.25, 0.3) is 0 Å². The van der Waals surface area contributed by atoms with Gasteiger partial charge in [0.1, 0.15) is 5.69 Å². The van der Waals surface area contributed by atoms with E-state index in [2.05, 4.69) is 22.9 Å². The van der Waals surface area contributed by atoms with Crippen molar-refractivity contribution in [2.75, 3.05) is 31.1 Å². The van der Waals surface area contributed by atoms with Gasteiger partial charge >= 0.3 is 0 Å². The Morgan fingerprint density at radius 2 is 2.05 bits per heavy atom. The van der Waals surface area contributed by atoms with Crippen LogP contribution in [-0.2, 0) is 7.05 Å². The fraction of sp³-hybridized carbons (Fsp3) is 0.412. The van der Waals surface area contributed by atoms with E-state index in [1.807, 2.05) is 47.2 Å². The van der Waals surface area contributed by atoms with Crippen LogP contribution in [0, 0.1) is 6.92 Å². The van der Waals surface area contributed by atoms with Gasteiger partial charge in [0.25, 0.3) is 5.91 Å². The molecule has 0 bridgehead atoms. The molecule has 1 aliphatic heterocycles. The third-order valence-electron chi connectivity index (χ3n) is 4.28. The van der Waals surface area contributed by atoms with E-state index < -0.39 is 0 Å². The second-order valence-corrected chi connectivity index (χ2v) is 5.80. The molecular formula is C17H22N4O. The van der Waals surface area contributed by atoms with Gasteiger partial charge < -0.3 is 14.4 Å². The van der Waals surface area contributed by atoms with Crippen LogP contribution in [0.3, 0.4) is 0 Å².